The molecule has 1 atom stereocenters. The molecule has 2 aliphatic rings. The van der Waals surface area contributed by atoms with Crippen molar-refractivity contribution < 1.29 is 28.7 Å². The van der Waals surface area contributed by atoms with Gasteiger partial charge < -0.3 is 24.9 Å². The lowest BCUT2D eigenvalue weighted by atomic mass is 10.1. The monoisotopic (exact) mass is 311 g/mol. The van der Waals surface area contributed by atoms with Crippen molar-refractivity contribution in [2.45, 2.75) is 10.3 Å². The SMILES string of the molecule is O=P(O)(O)C1(P(=O)(O)O)C=C2C=CNC(S)C2=C1. The van der Waals surface area contributed by atoms with Crippen molar-refractivity contribution in [3.8, 4) is 0 Å². The highest BCUT2D eigenvalue weighted by Gasteiger charge is 2.60. The van der Waals surface area contributed by atoms with Crippen molar-refractivity contribution in [1.29, 1.82) is 0 Å². The van der Waals surface area contributed by atoms with E-state index in [1.54, 1.807) is 0 Å². The molecule has 0 amide bonds. The van der Waals surface area contributed by atoms with Gasteiger partial charge in [0, 0.05) is 0 Å². The van der Waals surface area contributed by atoms with Gasteiger partial charge >= 0.3 is 15.2 Å². The molecule has 0 saturated heterocycles. The first-order chi connectivity index (χ1) is 8.08. The highest BCUT2D eigenvalue weighted by molar-refractivity contribution is 7.81. The van der Waals surface area contributed by atoms with E-state index < -0.39 is 25.5 Å². The zero-order valence-electron chi connectivity index (χ0n) is 8.83. The molecule has 0 aromatic carbocycles. The first-order valence-corrected chi connectivity index (χ1v) is 8.50. The van der Waals surface area contributed by atoms with Gasteiger partial charge in [-0.2, -0.15) is 0 Å². The van der Waals surface area contributed by atoms with Crippen molar-refractivity contribution in [1.82, 2.24) is 5.32 Å². The lowest BCUT2D eigenvalue weighted by Crippen LogP contribution is -2.25. The van der Waals surface area contributed by atoms with E-state index in [1.807, 2.05) is 0 Å². The van der Waals surface area contributed by atoms with E-state index >= 15 is 0 Å². The summed E-state index contributed by atoms with van der Waals surface area (Å²) in [6.07, 6.45) is 4.81. The van der Waals surface area contributed by atoms with Crippen LogP contribution in [0.3, 0.4) is 0 Å². The minimum atomic E-state index is -5.08. The van der Waals surface area contributed by atoms with Gasteiger partial charge in [-0.15, -0.1) is 12.6 Å². The van der Waals surface area contributed by atoms with Crippen LogP contribution in [0.25, 0.3) is 0 Å². The second-order valence-corrected chi connectivity index (χ2v) is 8.50. The maximum absolute atomic E-state index is 11.5. The fourth-order valence-electron chi connectivity index (χ4n) is 1.87. The van der Waals surface area contributed by atoms with Crippen LogP contribution < -0.4 is 5.32 Å². The van der Waals surface area contributed by atoms with Crippen LogP contribution in [0.2, 0.25) is 0 Å². The molecule has 0 spiro atoms. The van der Waals surface area contributed by atoms with Crippen LogP contribution in [-0.4, -0.2) is 29.8 Å². The van der Waals surface area contributed by atoms with Crippen molar-refractivity contribution in [3.63, 3.8) is 0 Å². The van der Waals surface area contributed by atoms with E-state index in [9.17, 15) is 28.7 Å². The summed E-state index contributed by atoms with van der Waals surface area (Å²) < 4.78 is 23.0. The second kappa shape index (κ2) is 4.08. The summed E-state index contributed by atoms with van der Waals surface area (Å²) in [5.41, 5.74) is 0.688. The van der Waals surface area contributed by atoms with Gasteiger partial charge in [0.05, 0.1) is 5.37 Å². The van der Waals surface area contributed by atoms with E-state index in [2.05, 4.69) is 17.9 Å². The first-order valence-electron chi connectivity index (χ1n) is 4.76. The van der Waals surface area contributed by atoms with E-state index in [0.717, 1.165) is 12.2 Å². The van der Waals surface area contributed by atoms with Gasteiger partial charge in [0.15, 0.2) is 0 Å². The van der Waals surface area contributed by atoms with Crippen LogP contribution in [-0.2, 0) is 9.13 Å². The normalized spacial score (nSPS) is 26.2. The zero-order chi connectivity index (χ0) is 13.8. The number of hydrogen-bond donors (Lipinski definition) is 6. The van der Waals surface area contributed by atoms with Gasteiger partial charge in [-0.25, -0.2) is 0 Å². The van der Waals surface area contributed by atoms with Crippen LogP contribution in [0.15, 0.2) is 35.6 Å². The molecule has 100 valence electrons. The van der Waals surface area contributed by atoms with E-state index in [-0.39, 0.29) is 0 Å². The van der Waals surface area contributed by atoms with E-state index in [1.165, 1.54) is 12.3 Å². The second-order valence-electron chi connectivity index (χ2n) is 3.97. The molecule has 0 saturated carbocycles. The van der Waals surface area contributed by atoms with Gasteiger partial charge in [-0.05, 0) is 35.6 Å². The van der Waals surface area contributed by atoms with E-state index in [0.29, 0.717) is 11.1 Å². The summed E-state index contributed by atoms with van der Waals surface area (Å²) in [5, 5.41) is 2.19. The van der Waals surface area contributed by atoms with Crippen LogP contribution in [0.4, 0.5) is 0 Å². The molecule has 0 aromatic heterocycles. The Balaban J connectivity index is 2.70. The number of allylic oxidation sites excluding steroid dienone is 3. The molecule has 0 bridgehead atoms. The zero-order valence-corrected chi connectivity index (χ0v) is 11.5. The Labute approximate surface area is 108 Å². The lowest BCUT2D eigenvalue weighted by molar-refractivity contribution is 0.333. The Morgan fingerprint density at radius 2 is 1.72 bits per heavy atom. The molecule has 0 fully saturated rings. The minimum Gasteiger partial charge on any atom is -0.376 e. The third-order valence-electron chi connectivity index (χ3n) is 2.81. The highest BCUT2D eigenvalue weighted by Crippen LogP contribution is 2.72. The minimum absolute atomic E-state index is 0.340. The molecule has 5 N–H and O–H groups in total. The van der Waals surface area contributed by atoms with Crippen molar-refractivity contribution in [3.05, 3.63) is 35.6 Å². The topological polar surface area (TPSA) is 127 Å². The lowest BCUT2D eigenvalue weighted by Gasteiger charge is -2.27. The maximum Gasteiger partial charge on any atom is 0.351 e. The van der Waals surface area contributed by atoms with Crippen LogP contribution in [0.5, 0.6) is 0 Å². The Morgan fingerprint density at radius 3 is 2.17 bits per heavy atom. The Kier molecular flexibility index (Phi) is 3.19. The molecular weight excluding hydrogens is 300 g/mol. The Bertz CT molecular complexity index is 548. The largest absolute Gasteiger partial charge is 0.376 e. The average Bonchev–Trinajstić information content (AvgIpc) is 2.57. The molecule has 7 nitrogen and oxygen atoms in total. The summed E-state index contributed by atoms with van der Waals surface area (Å²) in [6, 6.07) is 0. The summed E-state index contributed by atoms with van der Waals surface area (Å²) in [7, 11) is -10.2. The van der Waals surface area contributed by atoms with Crippen LogP contribution >= 0.6 is 27.8 Å². The fourth-order valence-corrected chi connectivity index (χ4v) is 4.77. The fraction of sp³-hybridized carbons (Fsp3) is 0.250. The van der Waals surface area contributed by atoms with Crippen molar-refractivity contribution in [2.24, 2.45) is 0 Å². The molecule has 2 rings (SSSR count). The number of thiol groups is 1. The predicted octanol–water partition coefficient (Wildman–Crippen LogP) is 0.277. The maximum atomic E-state index is 11.5. The molecule has 0 aromatic rings. The molecule has 0 radical (unpaired) electrons. The molecule has 18 heavy (non-hydrogen) atoms. The molecule has 1 heterocycles. The smallest absolute Gasteiger partial charge is 0.351 e. The Hall–Kier alpha value is -0.330. The first kappa shape index (κ1) is 14.1. The predicted molar refractivity (Wildman–Crippen MR) is 68.0 cm³/mol. The number of rotatable bonds is 2. The third-order valence-corrected chi connectivity index (χ3v) is 7.19. The van der Waals surface area contributed by atoms with Gasteiger partial charge in [0.1, 0.15) is 0 Å². The summed E-state index contributed by atoms with van der Waals surface area (Å²) in [4.78, 5) is 34.6. The number of nitrogens with one attached hydrogen (secondary N) is 1. The van der Waals surface area contributed by atoms with E-state index in [4.69, 9.17) is 0 Å². The Morgan fingerprint density at radius 1 is 1.17 bits per heavy atom. The number of hydrogen-bond acceptors (Lipinski definition) is 4. The van der Waals surface area contributed by atoms with Crippen molar-refractivity contribution >= 4 is 27.8 Å². The van der Waals surface area contributed by atoms with Gasteiger partial charge in [-0.1, -0.05) is 0 Å². The molecule has 1 unspecified atom stereocenters. The van der Waals surface area contributed by atoms with Gasteiger partial charge in [-0.3, -0.25) is 9.13 Å². The van der Waals surface area contributed by atoms with Crippen molar-refractivity contribution in [2.75, 3.05) is 0 Å². The van der Waals surface area contributed by atoms with Crippen LogP contribution in [0.1, 0.15) is 0 Å². The van der Waals surface area contributed by atoms with Gasteiger partial charge in [0.25, 0.3) is 0 Å². The van der Waals surface area contributed by atoms with Gasteiger partial charge in [0.2, 0.25) is 4.90 Å². The number of fused-ring (bicyclic) bond motifs is 1. The molecule has 1 aliphatic heterocycles. The highest BCUT2D eigenvalue weighted by atomic mass is 32.1. The summed E-state index contributed by atoms with van der Waals surface area (Å²) in [6.45, 7) is 0. The summed E-state index contributed by atoms with van der Waals surface area (Å²) in [5.74, 6) is 0. The standard InChI is InChI=1S/C8H11NO6P2S/c10-16(11,12)8(17(13,14)15)3-5-1-2-9-7(18)6(5)4-8/h1-4,7,9,18H,(H2,10,11,12)(H2,13,14,15). The molecule has 10 heteroatoms. The average molecular weight is 311 g/mol. The molecular formula is C8H11NO6P2S. The quantitative estimate of drug-likeness (QED) is 0.319. The summed E-state index contributed by atoms with van der Waals surface area (Å²) >= 11 is 4.13. The molecule has 1 aliphatic carbocycles. The van der Waals surface area contributed by atoms with Crippen LogP contribution in [0, 0.1) is 0 Å². The third kappa shape index (κ3) is 1.94.